The summed E-state index contributed by atoms with van der Waals surface area (Å²) in [5, 5.41) is 11.7. The molecular weight excluding hydrogens is 232 g/mol. The van der Waals surface area contributed by atoms with Crippen LogP contribution in [0.3, 0.4) is 0 Å². The van der Waals surface area contributed by atoms with Crippen molar-refractivity contribution < 1.29 is 14.6 Å². The van der Waals surface area contributed by atoms with Gasteiger partial charge in [-0.05, 0) is 24.6 Å². The summed E-state index contributed by atoms with van der Waals surface area (Å²) in [5.41, 5.74) is 6.75. The highest BCUT2D eigenvalue weighted by atomic mass is 16.5. The third-order valence-electron chi connectivity index (χ3n) is 2.41. The molecule has 18 heavy (non-hydrogen) atoms. The Labute approximate surface area is 107 Å². The van der Waals surface area contributed by atoms with Crippen LogP contribution >= 0.6 is 0 Å². The van der Waals surface area contributed by atoms with Crippen LogP contribution in [-0.4, -0.2) is 30.3 Å². The van der Waals surface area contributed by atoms with Crippen LogP contribution in [0.25, 0.3) is 0 Å². The highest BCUT2D eigenvalue weighted by molar-refractivity contribution is 5.67. The predicted octanol–water partition coefficient (Wildman–Crippen LogP) is 0.977. The molecule has 1 atom stereocenters. The Morgan fingerprint density at radius 2 is 2.11 bits per heavy atom. The molecule has 0 amide bonds. The lowest BCUT2D eigenvalue weighted by Gasteiger charge is -2.10. The SMILES string of the molecule is CCOc1ccc(CNCC(N)CC(=O)O)cc1. The summed E-state index contributed by atoms with van der Waals surface area (Å²) in [5.74, 6) is -0.0193. The number of rotatable bonds is 8. The van der Waals surface area contributed by atoms with Crippen LogP contribution in [0.5, 0.6) is 5.75 Å². The zero-order valence-corrected chi connectivity index (χ0v) is 10.6. The van der Waals surface area contributed by atoms with Crippen molar-refractivity contribution in [2.24, 2.45) is 5.73 Å². The van der Waals surface area contributed by atoms with Crippen molar-refractivity contribution >= 4 is 5.97 Å². The number of carboxylic acid groups (broad SMARTS) is 1. The largest absolute Gasteiger partial charge is 0.494 e. The molecule has 5 nitrogen and oxygen atoms in total. The molecule has 1 rings (SSSR count). The maximum atomic E-state index is 10.4. The van der Waals surface area contributed by atoms with Gasteiger partial charge in [0.15, 0.2) is 0 Å². The minimum atomic E-state index is -0.870. The predicted molar refractivity (Wildman–Crippen MR) is 69.5 cm³/mol. The van der Waals surface area contributed by atoms with E-state index in [9.17, 15) is 4.79 Å². The molecular formula is C13H20N2O3. The number of nitrogens with one attached hydrogen (secondary N) is 1. The molecule has 0 bridgehead atoms. The smallest absolute Gasteiger partial charge is 0.304 e. The number of carboxylic acids is 1. The zero-order valence-electron chi connectivity index (χ0n) is 10.6. The van der Waals surface area contributed by atoms with E-state index in [2.05, 4.69) is 5.32 Å². The van der Waals surface area contributed by atoms with E-state index in [-0.39, 0.29) is 12.5 Å². The highest BCUT2D eigenvalue weighted by Gasteiger charge is 2.06. The van der Waals surface area contributed by atoms with E-state index in [0.29, 0.717) is 19.7 Å². The molecule has 0 saturated carbocycles. The topological polar surface area (TPSA) is 84.6 Å². The van der Waals surface area contributed by atoms with E-state index in [1.54, 1.807) is 0 Å². The van der Waals surface area contributed by atoms with E-state index in [1.807, 2.05) is 31.2 Å². The third kappa shape index (κ3) is 5.65. The first kappa shape index (κ1) is 14.5. The molecule has 1 aromatic rings. The van der Waals surface area contributed by atoms with Crippen LogP contribution < -0.4 is 15.8 Å². The molecule has 1 aromatic carbocycles. The summed E-state index contributed by atoms with van der Waals surface area (Å²) < 4.78 is 5.34. The fourth-order valence-corrected chi connectivity index (χ4v) is 1.57. The van der Waals surface area contributed by atoms with Gasteiger partial charge in [-0.25, -0.2) is 0 Å². The molecule has 0 radical (unpaired) electrons. The fourth-order valence-electron chi connectivity index (χ4n) is 1.57. The first-order valence-electron chi connectivity index (χ1n) is 6.01. The van der Waals surface area contributed by atoms with Gasteiger partial charge in [0.2, 0.25) is 0 Å². The van der Waals surface area contributed by atoms with Crippen LogP contribution in [0.1, 0.15) is 18.9 Å². The molecule has 0 spiro atoms. The number of nitrogens with two attached hydrogens (primary N) is 1. The molecule has 0 aliphatic rings. The minimum Gasteiger partial charge on any atom is -0.494 e. The number of carbonyl (C=O) groups is 1. The van der Waals surface area contributed by atoms with Gasteiger partial charge in [0, 0.05) is 19.1 Å². The molecule has 100 valence electrons. The Hall–Kier alpha value is -1.59. The van der Waals surface area contributed by atoms with Crippen LogP contribution in [0.4, 0.5) is 0 Å². The van der Waals surface area contributed by atoms with Crippen LogP contribution in [-0.2, 0) is 11.3 Å². The number of ether oxygens (including phenoxy) is 1. The van der Waals surface area contributed by atoms with Crippen molar-refractivity contribution in [3.05, 3.63) is 29.8 Å². The average molecular weight is 252 g/mol. The summed E-state index contributed by atoms with van der Waals surface area (Å²) in [7, 11) is 0. The number of hydrogen-bond acceptors (Lipinski definition) is 4. The Bertz CT molecular complexity index is 365. The van der Waals surface area contributed by atoms with Gasteiger partial charge in [-0.2, -0.15) is 0 Å². The number of benzene rings is 1. The third-order valence-corrected chi connectivity index (χ3v) is 2.41. The maximum absolute atomic E-state index is 10.4. The second kappa shape index (κ2) is 7.68. The summed E-state index contributed by atoms with van der Waals surface area (Å²) in [6.07, 6.45) is -0.0176. The number of aliphatic carboxylic acids is 1. The molecule has 1 unspecified atom stereocenters. The Kier molecular flexibility index (Phi) is 6.18. The van der Waals surface area contributed by atoms with Gasteiger partial charge in [0.1, 0.15) is 5.75 Å². The molecule has 0 aromatic heterocycles. The molecule has 0 aliphatic heterocycles. The van der Waals surface area contributed by atoms with Gasteiger partial charge in [0.25, 0.3) is 0 Å². The van der Waals surface area contributed by atoms with Gasteiger partial charge in [-0.1, -0.05) is 12.1 Å². The zero-order chi connectivity index (χ0) is 13.4. The second-order valence-electron chi connectivity index (χ2n) is 4.07. The average Bonchev–Trinajstić information content (AvgIpc) is 2.31. The van der Waals surface area contributed by atoms with Crippen molar-refractivity contribution in [1.82, 2.24) is 5.32 Å². The van der Waals surface area contributed by atoms with E-state index < -0.39 is 5.97 Å². The van der Waals surface area contributed by atoms with Gasteiger partial charge < -0.3 is 20.9 Å². The molecule has 0 aliphatic carbocycles. The lowest BCUT2D eigenvalue weighted by atomic mass is 10.2. The van der Waals surface area contributed by atoms with E-state index in [0.717, 1.165) is 11.3 Å². The van der Waals surface area contributed by atoms with E-state index >= 15 is 0 Å². The summed E-state index contributed by atoms with van der Waals surface area (Å²) >= 11 is 0. The molecule has 0 fully saturated rings. The van der Waals surface area contributed by atoms with E-state index in [1.165, 1.54) is 0 Å². The van der Waals surface area contributed by atoms with Crippen molar-refractivity contribution in [3.63, 3.8) is 0 Å². The summed E-state index contributed by atoms with van der Waals surface area (Å²) in [4.78, 5) is 10.4. The standard InChI is InChI=1S/C13H20N2O3/c1-2-18-12-5-3-10(4-6-12)8-15-9-11(14)7-13(16)17/h3-6,11,15H,2,7-9,14H2,1H3,(H,16,17). The Balaban J connectivity index is 2.28. The van der Waals surface area contributed by atoms with Crippen LogP contribution in [0.15, 0.2) is 24.3 Å². The fraction of sp³-hybridized carbons (Fsp3) is 0.462. The van der Waals surface area contributed by atoms with Crippen molar-refractivity contribution in [2.45, 2.75) is 25.9 Å². The van der Waals surface area contributed by atoms with Gasteiger partial charge >= 0.3 is 5.97 Å². The molecule has 4 N–H and O–H groups in total. The summed E-state index contributed by atoms with van der Waals surface area (Å²) in [6, 6.07) is 7.42. The summed E-state index contributed by atoms with van der Waals surface area (Å²) in [6.45, 7) is 3.75. The first-order valence-corrected chi connectivity index (χ1v) is 6.01. The molecule has 0 heterocycles. The van der Waals surface area contributed by atoms with Crippen molar-refractivity contribution in [3.8, 4) is 5.75 Å². The lowest BCUT2D eigenvalue weighted by Crippen LogP contribution is -2.35. The maximum Gasteiger partial charge on any atom is 0.304 e. The van der Waals surface area contributed by atoms with E-state index in [4.69, 9.17) is 15.6 Å². The van der Waals surface area contributed by atoms with Gasteiger partial charge in [0.05, 0.1) is 13.0 Å². The monoisotopic (exact) mass is 252 g/mol. The van der Waals surface area contributed by atoms with Crippen molar-refractivity contribution in [2.75, 3.05) is 13.2 Å². The van der Waals surface area contributed by atoms with Crippen LogP contribution in [0.2, 0.25) is 0 Å². The minimum absolute atomic E-state index is 0.0176. The van der Waals surface area contributed by atoms with Crippen molar-refractivity contribution in [1.29, 1.82) is 0 Å². The van der Waals surface area contributed by atoms with Gasteiger partial charge in [-0.15, -0.1) is 0 Å². The number of hydrogen-bond donors (Lipinski definition) is 3. The first-order chi connectivity index (χ1) is 8.61. The molecule has 5 heteroatoms. The van der Waals surface area contributed by atoms with Crippen LogP contribution in [0, 0.1) is 0 Å². The second-order valence-corrected chi connectivity index (χ2v) is 4.07. The highest BCUT2D eigenvalue weighted by Crippen LogP contribution is 2.11. The Morgan fingerprint density at radius 1 is 1.44 bits per heavy atom. The Morgan fingerprint density at radius 3 is 2.67 bits per heavy atom. The molecule has 0 saturated heterocycles. The normalized spacial score (nSPS) is 12.1. The quantitative estimate of drug-likeness (QED) is 0.642. The van der Waals surface area contributed by atoms with Gasteiger partial charge in [-0.3, -0.25) is 4.79 Å². The lowest BCUT2D eigenvalue weighted by molar-refractivity contribution is -0.137.